The minimum absolute atomic E-state index is 0.123. The Kier molecular flexibility index (Phi) is 3.93. The molecule has 3 rings (SSSR count). The van der Waals surface area contributed by atoms with Crippen LogP contribution in [-0.4, -0.2) is 13.7 Å². The van der Waals surface area contributed by atoms with Gasteiger partial charge in [0.25, 0.3) is 0 Å². The molecule has 110 valence electrons. The first kappa shape index (κ1) is 14.1. The van der Waals surface area contributed by atoms with Gasteiger partial charge >= 0.3 is 0 Å². The van der Waals surface area contributed by atoms with Crippen LogP contribution in [0.15, 0.2) is 42.5 Å². The van der Waals surface area contributed by atoms with Crippen molar-refractivity contribution in [2.45, 2.75) is 25.3 Å². The molecular formula is C18H20FNO. The zero-order valence-corrected chi connectivity index (χ0v) is 12.4. The molecule has 1 aliphatic carbocycles. The van der Waals surface area contributed by atoms with E-state index in [1.54, 1.807) is 12.1 Å². The van der Waals surface area contributed by atoms with Crippen LogP contribution in [0.1, 0.15) is 35.6 Å². The van der Waals surface area contributed by atoms with E-state index in [4.69, 9.17) is 4.74 Å². The Hall–Kier alpha value is -1.87. The van der Waals surface area contributed by atoms with Crippen LogP contribution in [0.3, 0.4) is 0 Å². The van der Waals surface area contributed by atoms with Crippen molar-refractivity contribution in [2.24, 2.45) is 0 Å². The van der Waals surface area contributed by atoms with Gasteiger partial charge in [0.1, 0.15) is 0 Å². The lowest BCUT2D eigenvalue weighted by Crippen LogP contribution is -2.30. The molecule has 0 saturated heterocycles. The van der Waals surface area contributed by atoms with Crippen LogP contribution < -0.4 is 10.1 Å². The van der Waals surface area contributed by atoms with E-state index in [-0.39, 0.29) is 11.9 Å². The molecule has 2 atom stereocenters. The van der Waals surface area contributed by atoms with Crippen molar-refractivity contribution in [1.82, 2.24) is 5.32 Å². The molecule has 1 N–H and O–H groups in total. The smallest absolute Gasteiger partial charge is 0.165 e. The van der Waals surface area contributed by atoms with Crippen molar-refractivity contribution in [1.29, 1.82) is 0 Å². The third-order valence-electron chi connectivity index (χ3n) is 4.31. The summed E-state index contributed by atoms with van der Waals surface area (Å²) in [4.78, 5) is 0. The summed E-state index contributed by atoms with van der Waals surface area (Å²) in [6.07, 6.45) is 1.13. The van der Waals surface area contributed by atoms with Crippen LogP contribution in [0.5, 0.6) is 5.75 Å². The molecule has 3 heteroatoms. The first-order valence-corrected chi connectivity index (χ1v) is 7.33. The van der Waals surface area contributed by atoms with Gasteiger partial charge in [-0.1, -0.05) is 30.3 Å². The van der Waals surface area contributed by atoms with E-state index in [1.165, 1.54) is 18.2 Å². The Labute approximate surface area is 125 Å². The summed E-state index contributed by atoms with van der Waals surface area (Å²) in [7, 11) is 1.48. The molecule has 0 aromatic heterocycles. The van der Waals surface area contributed by atoms with Crippen molar-refractivity contribution in [3.05, 3.63) is 65.0 Å². The Morgan fingerprint density at radius 2 is 2.10 bits per heavy atom. The maximum atomic E-state index is 13.7. The Morgan fingerprint density at radius 3 is 2.81 bits per heavy atom. The predicted molar refractivity (Wildman–Crippen MR) is 82.3 cm³/mol. The van der Waals surface area contributed by atoms with Gasteiger partial charge in [0.2, 0.25) is 0 Å². The lowest BCUT2D eigenvalue weighted by atomic mass is 9.77. The van der Waals surface area contributed by atoms with E-state index in [2.05, 4.69) is 36.5 Å². The van der Waals surface area contributed by atoms with Crippen molar-refractivity contribution in [2.75, 3.05) is 13.7 Å². The fraction of sp³-hybridized carbons (Fsp3) is 0.333. The fourth-order valence-electron chi connectivity index (χ4n) is 2.93. The van der Waals surface area contributed by atoms with Crippen LogP contribution in [0.4, 0.5) is 4.39 Å². The highest BCUT2D eigenvalue weighted by Gasteiger charge is 2.25. The number of rotatable bonds is 5. The fourth-order valence-corrected chi connectivity index (χ4v) is 2.93. The zero-order valence-electron chi connectivity index (χ0n) is 12.4. The summed E-state index contributed by atoms with van der Waals surface area (Å²) in [5.41, 5.74) is 3.84. The SMILES string of the molecule is COc1ccc(C(C)NCC2Cc3ccccc32)cc1F. The van der Waals surface area contributed by atoms with E-state index in [1.807, 2.05) is 6.07 Å². The van der Waals surface area contributed by atoms with Gasteiger partial charge in [0, 0.05) is 18.5 Å². The van der Waals surface area contributed by atoms with Crippen molar-refractivity contribution >= 4 is 0 Å². The molecule has 0 aliphatic heterocycles. The van der Waals surface area contributed by atoms with Gasteiger partial charge in [-0.3, -0.25) is 0 Å². The van der Waals surface area contributed by atoms with E-state index < -0.39 is 0 Å². The van der Waals surface area contributed by atoms with Crippen molar-refractivity contribution in [3.63, 3.8) is 0 Å². The van der Waals surface area contributed by atoms with Crippen LogP contribution in [-0.2, 0) is 6.42 Å². The standard InChI is InChI=1S/C18H20FNO/c1-12(13-7-8-18(21-2)17(19)10-13)20-11-15-9-14-5-3-4-6-16(14)15/h3-8,10,12,15,20H,9,11H2,1-2H3. The Balaban J connectivity index is 1.60. The van der Waals surface area contributed by atoms with Gasteiger partial charge < -0.3 is 10.1 Å². The highest BCUT2D eigenvalue weighted by atomic mass is 19.1. The summed E-state index contributed by atoms with van der Waals surface area (Å²) < 4.78 is 18.7. The maximum absolute atomic E-state index is 13.7. The second-order valence-corrected chi connectivity index (χ2v) is 5.62. The molecule has 0 bridgehead atoms. The lowest BCUT2D eigenvalue weighted by Gasteiger charge is -2.31. The number of hydrogen-bond donors (Lipinski definition) is 1. The van der Waals surface area contributed by atoms with Crippen LogP contribution in [0.25, 0.3) is 0 Å². The van der Waals surface area contributed by atoms with Gasteiger partial charge in [-0.2, -0.15) is 0 Å². The summed E-state index contributed by atoms with van der Waals surface area (Å²) in [5, 5.41) is 3.50. The first-order chi connectivity index (χ1) is 10.2. The number of benzene rings is 2. The van der Waals surface area contributed by atoms with Gasteiger partial charge in [0.15, 0.2) is 11.6 Å². The molecule has 0 radical (unpaired) electrons. The lowest BCUT2D eigenvalue weighted by molar-refractivity contribution is 0.385. The van der Waals surface area contributed by atoms with Crippen LogP contribution in [0, 0.1) is 5.82 Å². The molecular weight excluding hydrogens is 265 g/mol. The molecule has 0 fully saturated rings. The third kappa shape index (κ3) is 2.79. The molecule has 21 heavy (non-hydrogen) atoms. The first-order valence-electron chi connectivity index (χ1n) is 7.33. The molecule has 0 heterocycles. The predicted octanol–water partition coefficient (Wildman–Crippen LogP) is 3.82. The Morgan fingerprint density at radius 1 is 1.29 bits per heavy atom. The van der Waals surface area contributed by atoms with Crippen molar-refractivity contribution in [3.8, 4) is 5.75 Å². The number of ether oxygens (including phenoxy) is 1. The van der Waals surface area contributed by atoms with E-state index in [0.717, 1.165) is 18.5 Å². The number of nitrogens with one attached hydrogen (secondary N) is 1. The maximum Gasteiger partial charge on any atom is 0.165 e. The zero-order chi connectivity index (χ0) is 14.8. The van der Waals surface area contributed by atoms with E-state index >= 15 is 0 Å². The minimum atomic E-state index is -0.308. The quantitative estimate of drug-likeness (QED) is 0.901. The largest absolute Gasteiger partial charge is 0.494 e. The molecule has 2 nitrogen and oxygen atoms in total. The van der Waals surface area contributed by atoms with Gasteiger partial charge in [-0.25, -0.2) is 4.39 Å². The van der Waals surface area contributed by atoms with Crippen LogP contribution in [0.2, 0.25) is 0 Å². The molecule has 0 amide bonds. The monoisotopic (exact) mass is 285 g/mol. The highest BCUT2D eigenvalue weighted by molar-refractivity contribution is 5.40. The summed E-state index contributed by atoms with van der Waals surface area (Å²) in [6, 6.07) is 13.8. The molecule has 0 spiro atoms. The molecule has 1 aliphatic rings. The number of fused-ring (bicyclic) bond motifs is 1. The van der Waals surface area contributed by atoms with Crippen molar-refractivity contribution < 1.29 is 9.13 Å². The van der Waals surface area contributed by atoms with Gasteiger partial charge in [0.05, 0.1) is 7.11 Å². The average molecular weight is 285 g/mol. The summed E-state index contributed by atoms with van der Waals surface area (Å²) in [6.45, 7) is 2.98. The second-order valence-electron chi connectivity index (χ2n) is 5.62. The molecule has 2 aromatic carbocycles. The van der Waals surface area contributed by atoms with Gasteiger partial charge in [-0.15, -0.1) is 0 Å². The number of methoxy groups -OCH3 is 1. The molecule has 2 aromatic rings. The second kappa shape index (κ2) is 5.86. The third-order valence-corrected chi connectivity index (χ3v) is 4.31. The normalized spacial score (nSPS) is 17.8. The van der Waals surface area contributed by atoms with Crippen LogP contribution >= 0.6 is 0 Å². The Bertz CT molecular complexity index is 641. The van der Waals surface area contributed by atoms with E-state index in [9.17, 15) is 4.39 Å². The topological polar surface area (TPSA) is 21.3 Å². The molecule has 2 unspecified atom stereocenters. The number of halogens is 1. The van der Waals surface area contributed by atoms with E-state index in [0.29, 0.717) is 11.7 Å². The van der Waals surface area contributed by atoms with Gasteiger partial charge in [-0.05, 0) is 42.2 Å². The minimum Gasteiger partial charge on any atom is -0.494 e. The summed E-state index contributed by atoms with van der Waals surface area (Å²) >= 11 is 0. The molecule has 0 saturated carbocycles. The summed E-state index contributed by atoms with van der Waals surface area (Å²) in [5.74, 6) is 0.559. The average Bonchev–Trinajstić information content (AvgIpc) is 2.48. The number of hydrogen-bond acceptors (Lipinski definition) is 2. The highest BCUT2D eigenvalue weighted by Crippen LogP contribution is 2.34.